The molecule has 106 valence electrons. The Balaban J connectivity index is 2.93. The number of ether oxygens (including phenoxy) is 1. The molecule has 0 saturated carbocycles. The lowest BCUT2D eigenvalue weighted by molar-refractivity contribution is -0.138. The molecule has 0 aliphatic rings. The van der Waals surface area contributed by atoms with E-state index >= 15 is 0 Å². The van der Waals surface area contributed by atoms with Crippen LogP contribution in [0.4, 0.5) is 13.2 Å². The Morgan fingerprint density at radius 2 is 2.11 bits per heavy atom. The number of benzene rings is 1. The number of rotatable bonds is 6. The summed E-state index contributed by atoms with van der Waals surface area (Å²) in [6.45, 7) is 0.246. The minimum atomic E-state index is -4.49. The van der Waals surface area contributed by atoms with Crippen molar-refractivity contribution in [3.63, 3.8) is 0 Å². The summed E-state index contributed by atoms with van der Waals surface area (Å²) in [5.74, 6) is 0.653. The molecule has 1 aromatic rings. The van der Waals surface area contributed by atoms with Crippen LogP contribution in [0, 0.1) is 0 Å². The van der Waals surface area contributed by atoms with Crippen LogP contribution >= 0.6 is 24.0 Å². The standard InChI is InChI=1S/C12H14F3NOS2/c1-19-6-2-5-17-10-4-3-8(11(16)18)7-9(10)12(13,14)15/h3-4,7H,2,5-6H2,1H3,(H2,16,18). The molecule has 2 N–H and O–H groups in total. The van der Waals surface area contributed by atoms with Crippen LogP contribution in [0.2, 0.25) is 0 Å². The molecule has 1 aromatic carbocycles. The van der Waals surface area contributed by atoms with Gasteiger partial charge in [-0.2, -0.15) is 24.9 Å². The van der Waals surface area contributed by atoms with E-state index < -0.39 is 11.7 Å². The second-order valence-electron chi connectivity index (χ2n) is 3.77. The van der Waals surface area contributed by atoms with Gasteiger partial charge >= 0.3 is 6.18 Å². The fourth-order valence-electron chi connectivity index (χ4n) is 1.42. The van der Waals surface area contributed by atoms with Gasteiger partial charge in [0.15, 0.2) is 0 Å². The van der Waals surface area contributed by atoms with Crippen LogP contribution in [0.5, 0.6) is 5.75 Å². The van der Waals surface area contributed by atoms with Gasteiger partial charge in [-0.1, -0.05) is 12.2 Å². The summed E-state index contributed by atoms with van der Waals surface area (Å²) in [6, 6.07) is 3.62. The monoisotopic (exact) mass is 309 g/mol. The summed E-state index contributed by atoms with van der Waals surface area (Å²) < 4.78 is 43.9. The lowest BCUT2D eigenvalue weighted by Crippen LogP contribution is -2.14. The van der Waals surface area contributed by atoms with Gasteiger partial charge in [0.2, 0.25) is 0 Å². The molecule has 0 heterocycles. The average molecular weight is 309 g/mol. The van der Waals surface area contributed by atoms with E-state index in [1.165, 1.54) is 12.1 Å². The first-order chi connectivity index (χ1) is 8.86. The maximum atomic E-state index is 12.9. The van der Waals surface area contributed by atoms with Gasteiger partial charge in [0.1, 0.15) is 10.7 Å². The summed E-state index contributed by atoms with van der Waals surface area (Å²) in [6.07, 6.45) is -1.87. The Hall–Kier alpha value is -0.950. The average Bonchev–Trinajstić information content (AvgIpc) is 2.33. The van der Waals surface area contributed by atoms with Gasteiger partial charge in [-0.25, -0.2) is 0 Å². The van der Waals surface area contributed by atoms with Crippen LogP contribution in [0.1, 0.15) is 17.5 Å². The normalized spacial score (nSPS) is 11.4. The molecule has 1 rings (SSSR count). The summed E-state index contributed by atoms with van der Waals surface area (Å²) in [4.78, 5) is -0.0700. The topological polar surface area (TPSA) is 35.2 Å². The zero-order valence-electron chi connectivity index (χ0n) is 10.3. The van der Waals surface area contributed by atoms with Crippen LogP contribution in [0.3, 0.4) is 0 Å². The smallest absolute Gasteiger partial charge is 0.419 e. The maximum Gasteiger partial charge on any atom is 0.419 e. The Bertz CT molecular complexity index is 449. The number of hydrogen-bond acceptors (Lipinski definition) is 3. The van der Waals surface area contributed by atoms with E-state index in [1.807, 2.05) is 6.26 Å². The van der Waals surface area contributed by atoms with Crippen molar-refractivity contribution in [1.29, 1.82) is 0 Å². The first-order valence-electron chi connectivity index (χ1n) is 5.49. The van der Waals surface area contributed by atoms with Gasteiger partial charge in [0.05, 0.1) is 12.2 Å². The summed E-state index contributed by atoms with van der Waals surface area (Å²) in [7, 11) is 0. The number of halogens is 3. The molecule has 0 spiro atoms. The van der Waals surface area contributed by atoms with Gasteiger partial charge in [0, 0.05) is 5.56 Å². The fourth-order valence-corrected chi connectivity index (χ4v) is 1.95. The summed E-state index contributed by atoms with van der Waals surface area (Å²) >= 11 is 6.29. The highest BCUT2D eigenvalue weighted by Gasteiger charge is 2.34. The Morgan fingerprint density at radius 1 is 1.42 bits per heavy atom. The first-order valence-corrected chi connectivity index (χ1v) is 7.29. The van der Waals surface area contributed by atoms with Crippen molar-refractivity contribution in [1.82, 2.24) is 0 Å². The molecule has 0 amide bonds. The Kier molecular flexibility index (Phi) is 5.93. The van der Waals surface area contributed by atoms with Crippen molar-refractivity contribution in [3.8, 4) is 5.75 Å². The fraction of sp³-hybridized carbons (Fsp3) is 0.417. The van der Waals surface area contributed by atoms with Crippen LogP contribution < -0.4 is 10.5 Å². The summed E-state index contributed by atoms with van der Waals surface area (Å²) in [5, 5.41) is 0. The van der Waals surface area contributed by atoms with Gasteiger partial charge < -0.3 is 10.5 Å². The van der Waals surface area contributed by atoms with E-state index in [0.717, 1.165) is 11.8 Å². The second kappa shape index (κ2) is 7.00. The molecule has 0 aliphatic heterocycles. The SMILES string of the molecule is CSCCCOc1ccc(C(N)=S)cc1C(F)(F)F. The molecular weight excluding hydrogens is 295 g/mol. The van der Waals surface area contributed by atoms with E-state index in [2.05, 4.69) is 12.2 Å². The third-order valence-corrected chi connectivity index (χ3v) is 3.25. The van der Waals surface area contributed by atoms with Gasteiger partial charge in [-0.3, -0.25) is 0 Å². The maximum absolute atomic E-state index is 12.9. The van der Waals surface area contributed by atoms with Gasteiger partial charge in [-0.05, 0) is 36.6 Å². The molecule has 0 aromatic heterocycles. The number of thiocarbonyl (C=S) groups is 1. The van der Waals surface area contributed by atoms with E-state index in [4.69, 9.17) is 10.5 Å². The van der Waals surface area contributed by atoms with E-state index in [-0.39, 0.29) is 22.9 Å². The van der Waals surface area contributed by atoms with Crippen molar-refractivity contribution in [2.75, 3.05) is 18.6 Å². The molecule has 0 fully saturated rings. The molecule has 0 bridgehead atoms. The van der Waals surface area contributed by atoms with E-state index in [9.17, 15) is 13.2 Å². The largest absolute Gasteiger partial charge is 0.493 e. The molecule has 7 heteroatoms. The zero-order valence-corrected chi connectivity index (χ0v) is 11.9. The predicted molar refractivity (Wildman–Crippen MR) is 75.8 cm³/mol. The Morgan fingerprint density at radius 3 is 2.63 bits per heavy atom. The molecule has 0 atom stereocenters. The lowest BCUT2D eigenvalue weighted by atomic mass is 10.1. The first kappa shape index (κ1) is 16.1. The molecule has 0 saturated heterocycles. The lowest BCUT2D eigenvalue weighted by Gasteiger charge is -2.15. The van der Waals surface area contributed by atoms with E-state index in [1.54, 1.807) is 11.8 Å². The summed E-state index contributed by atoms with van der Waals surface area (Å²) in [5.41, 5.74) is 4.67. The Labute approximate surface area is 119 Å². The van der Waals surface area contributed by atoms with Crippen LogP contribution in [-0.2, 0) is 6.18 Å². The van der Waals surface area contributed by atoms with Crippen molar-refractivity contribution in [2.24, 2.45) is 5.73 Å². The minimum absolute atomic E-state index is 0.0700. The van der Waals surface area contributed by atoms with Crippen LogP contribution in [0.15, 0.2) is 18.2 Å². The van der Waals surface area contributed by atoms with Crippen LogP contribution in [0.25, 0.3) is 0 Å². The van der Waals surface area contributed by atoms with E-state index in [0.29, 0.717) is 6.42 Å². The molecular formula is C12H14F3NOS2. The molecule has 2 nitrogen and oxygen atoms in total. The van der Waals surface area contributed by atoms with Crippen molar-refractivity contribution in [3.05, 3.63) is 29.3 Å². The predicted octanol–water partition coefficient (Wildman–Crippen LogP) is 3.47. The highest BCUT2D eigenvalue weighted by Crippen LogP contribution is 2.36. The molecule has 19 heavy (non-hydrogen) atoms. The number of thioether (sulfide) groups is 1. The quantitative estimate of drug-likeness (QED) is 0.644. The second-order valence-corrected chi connectivity index (χ2v) is 5.19. The zero-order chi connectivity index (χ0) is 14.5. The molecule has 0 unspecified atom stereocenters. The number of alkyl halides is 3. The molecule has 0 radical (unpaired) electrons. The highest BCUT2D eigenvalue weighted by atomic mass is 32.2. The van der Waals surface area contributed by atoms with Gasteiger partial charge in [0.25, 0.3) is 0 Å². The highest BCUT2D eigenvalue weighted by molar-refractivity contribution is 7.98. The van der Waals surface area contributed by atoms with Crippen LogP contribution in [-0.4, -0.2) is 23.6 Å². The molecule has 0 aliphatic carbocycles. The number of nitrogens with two attached hydrogens (primary N) is 1. The van der Waals surface area contributed by atoms with Gasteiger partial charge in [-0.15, -0.1) is 0 Å². The van der Waals surface area contributed by atoms with Crippen molar-refractivity contribution in [2.45, 2.75) is 12.6 Å². The third-order valence-electron chi connectivity index (χ3n) is 2.32. The minimum Gasteiger partial charge on any atom is -0.493 e. The van der Waals surface area contributed by atoms with Crippen molar-refractivity contribution >= 4 is 29.0 Å². The third kappa shape index (κ3) is 4.91. The number of hydrogen-bond donors (Lipinski definition) is 1. The van der Waals surface area contributed by atoms with Crippen molar-refractivity contribution < 1.29 is 17.9 Å².